The average molecular weight is 357 g/mol. The molecule has 0 bridgehead atoms. The fourth-order valence-electron chi connectivity index (χ4n) is 2.81. The lowest BCUT2D eigenvalue weighted by Crippen LogP contribution is -2.14. The number of ether oxygens (including phenoxy) is 2. The van der Waals surface area contributed by atoms with Crippen LogP contribution in [0.25, 0.3) is 0 Å². The van der Waals surface area contributed by atoms with Gasteiger partial charge in [-0.1, -0.05) is 32.9 Å². The van der Waals surface area contributed by atoms with Gasteiger partial charge in [-0.15, -0.1) is 0 Å². The third kappa shape index (κ3) is 4.34. The number of rotatable bonds is 6. The van der Waals surface area contributed by atoms with Gasteiger partial charge in [0.2, 0.25) is 5.78 Å². The molecule has 0 radical (unpaired) electrons. The minimum atomic E-state index is -0.420. The van der Waals surface area contributed by atoms with Crippen LogP contribution in [0.5, 0.6) is 5.75 Å². The maximum atomic E-state index is 12.5. The standard InChI is InChI=1S/C21H27NO4/c1-7-25-20(24)18-13(2)19(22-14(18)3)17(23)12-26-16-10-8-15(9-11-16)21(4,5)6/h8-11,22H,7,12H2,1-6H3. The molecular weight excluding hydrogens is 330 g/mol. The van der Waals surface area contributed by atoms with Gasteiger partial charge in [0.15, 0.2) is 6.61 Å². The van der Waals surface area contributed by atoms with Crippen molar-refractivity contribution in [3.63, 3.8) is 0 Å². The third-order valence-corrected chi connectivity index (χ3v) is 4.29. The van der Waals surface area contributed by atoms with E-state index < -0.39 is 5.97 Å². The number of aromatic amines is 1. The van der Waals surface area contributed by atoms with E-state index in [2.05, 4.69) is 25.8 Å². The van der Waals surface area contributed by atoms with Crippen LogP contribution in [0.2, 0.25) is 0 Å². The Hall–Kier alpha value is -2.56. The molecule has 140 valence electrons. The summed E-state index contributed by atoms with van der Waals surface area (Å²) in [7, 11) is 0. The van der Waals surface area contributed by atoms with Crippen molar-refractivity contribution >= 4 is 11.8 Å². The van der Waals surface area contributed by atoms with E-state index >= 15 is 0 Å². The first-order valence-corrected chi connectivity index (χ1v) is 8.78. The van der Waals surface area contributed by atoms with E-state index in [1.807, 2.05) is 24.3 Å². The molecule has 1 heterocycles. The van der Waals surface area contributed by atoms with E-state index in [4.69, 9.17) is 9.47 Å². The second-order valence-corrected chi connectivity index (χ2v) is 7.33. The minimum Gasteiger partial charge on any atom is -0.485 e. The van der Waals surface area contributed by atoms with E-state index in [9.17, 15) is 9.59 Å². The predicted octanol–water partition coefficient (Wildman–Crippen LogP) is 4.37. The maximum Gasteiger partial charge on any atom is 0.340 e. The number of ketones is 1. The van der Waals surface area contributed by atoms with Crippen molar-refractivity contribution in [2.24, 2.45) is 0 Å². The van der Waals surface area contributed by atoms with Gasteiger partial charge in [0.05, 0.1) is 17.9 Å². The number of aromatic nitrogens is 1. The van der Waals surface area contributed by atoms with E-state index in [-0.39, 0.29) is 17.8 Å². The molecular formula is C21H27NO4. The first kappa shape index (κ1) is 19.8. The average Bonchev–Trinajstić information content (AvgIpc) is 2.87. The molecule has 0 atom stereocenters. The van der Waals surface area contributed by atoms with Gasteiger partial charge in [-0.2, -0.15) is 0 Å². The Bertz CT molecular complexity index is 795. The summed E-state index contributed by atoms with van der Waals surface area (Å²) in [5.74, 6) is 0.00966. The summed E-state index contributed by atoms with van der Waals surface area (Å²) in [6.45, 7) is 11.9. The molecule has 0 aliphatic heterocycles. The highest BCUT2D eigenvalue weighted by atomic mass is 16.5. The Morgan fingerprint density at radius 2 is 1.69 bits per heavy atom. The van der Waals surface area contributed by atoms with Crippen molar-refractivity contribution in [3.8, 4) is 5.75 Å². The summed E-state index contributed by atoms with van der Waals surface area (Å²) in [5, 5.41) is 0. The zero-order chi connectivity index (χ0) is 19.5. The zero-order valence-corrected chi connectivity index (χ0v) is 16.4. The van der Waals surface area contributed by atoms with Crippen LogP contribution in [-0.4, -0.2) is 30.0 Å². The van der Waals surface area contributed by atoms with Gasteiger partial charge in [-0.3, -0.25) is 4.79 Å². The Balaban J connectivity index is 2.09. The molecule has 1 aromatic heterocycles. The monoisotopic (exact) mass is 357 g/mol. The van der Waals surface area contributed by atoms with E-state index in [1.54, 1.807) is 20.8 Å². The Morgan fingerprint density at radius 3 is 2.23 bits per heavy atom. The summed E-state index contributed by atoms with van der Waals surface area (Å²) in [6.07, 6.45) is 0. The summed E-state index contributed by atoms with van der Waals surface area (Å²) in [5.41, 5.74) is 3.29. The molecule has 26 heavy (non-hydrogen) atoms. The fourth-order valence-corrected chi connectivity index (χ4v) is 2.81. The molecule has 0 saturated heterocycles. The van der Waals surface area contributed by atoms with Gasteiger partial charge in [0, 0.05) is 5.69 Å². The predicted molar refractivity (Wildman–Crippen MR) is 101 cm³/mol. The molecule has 5 nitrogen and oxygen atoms in total. The first-order valence-electron chi connectivity index (χ1n) is 8.78. The molecule has 0 amide bonds. The van der Waals surface area contributed by atoms with Gasteiger partial charge < -0.3 is 14.5 Å². The van der Waals surface area contributed by atoms with Crippen molar-refractivity contribution in [2.75, 3.05) is 13.2 Å². The van der Waals surface area contributed by atoms with Gasteiger partial charge >= 0.3 is 5.97 Å². The van der Waals surface area contributed by atoms with Gasteiger partial charge in [-0.25, -0.2) is 4.79 Å². The van der Waals surface area contributed by atoms with Crippen molar-refractivity contribution in [1.29, 1.82) is 0 Å². The van der Waals surface area contributed by atoms with Crippen molar-refractivity contribution in [2.45, 2.75) is 47.0 Å². The first-order chi connectivity index (χ1) is 12.1. The molecule has 0 aliphatic carbocycles. The second kappa shape index (κ2) is 7.77. The van der Waals surface area contributed by atoms with E-state index in [0.29, 0.717) is 34.9 Å². The van der Waals surface area contributed by atoms with E-state index in [0.717, 1.165) is 0 Å². The van der Waals surface area contributed by atoms with Crippen LogP contribution in [0.15, 0.2) is 24.3 Å². The number of aryl methyl sites for hydroxylation is 1. The van der Waals surface area contributed by atoms with Gasteiger partial charge in [-0.05, 0) is 49.4 Å². The molecule has 2 rings (SSSR count). The third-order valence-electron chi connectivity index (χ3n) is 4.29. The summed E-state index contributed by atoms with van der Waals surface area (Å²) in [4.78, 5) is 27.5. The van der Waals surface area contributed by atoms with Crippen LogP contribution in [0.4, 0.5) is 0 Å². The lowest BCUT2D eigenvalue weighted by Gasteiger charge is -2.19. The van der Waals surface area contributed by atoms with Crippen molar-refractivity contribution in [3.05, 3.63) is 52.3 Å². The number of Topliss-reactive ketones (excluding diaryl/α,β-unsaturated/α-hetero) is 1. The van der Waals surface area contributed by atoms with E-state index in [1.165, 1.54) is 5.56 Å². The van der Waals surface area contributed by atoms with Crippen LogP contribution in [0, 0.1) is 13.8 Å². The van der Waals surface area contributed by atoms with Crippen LogP contribution >= 0.6 is 0 Å². The molecule has 0 spiro atoms. The highest BCUT2D eigenvalue weighted by molar-refractivity contribution is 6.02. The lowest BCUT2D eigenvalue weighted by molar-refractivity contribution is 0.0525. The Morgan fingerprint density at radius 1 is 1.08 bits per heavy atom. The number of esters is 1. The lowest BCUT2D eigenvalue weighted by atomic mass is 9.87. The minimum absolute atomic E-state index is 0.0662. The summed E-state index contributed by atoms with van der Waals surface area (Å²) >= 11 is 0. The number of carbonyl (C=O) groups is 2. The van der Waals surface area contributed by atoms with Gasteiger partial charge in [0.1, 0.15) is 5.75 Å². The molecule has 2 aromatic rings. The van der Waals surface area contributed by atoms with Crippen LogP contribution in [0.1, 0.15) is 65.4 Å². The topological polar surface area (TPSA) is 68.4 Å². The molecule has 0 saturated carbocycles. The smallest absolute Gasteiger partial charge is 0.340 e. The Kier molecular flexibility index (Phi) is 5.90. The van der Waals surface area contributed by atoms with Gasteiger partial charge in [0.25, 0.3) is 0 Å². The number of benzene rings is 1. The number of H-pyrrole nitrogens is 1. The SMILES string of the molecule is CCOC(=O)c1c(C)[nH]c(C(=O)COc2ccc(C(C)(C)C)cc2)c1C. The number of carbonyl (C=O) groups excluding carboxylic acids is 2. The number of hydrogen-bond donors (Lipinski definition) is 1. The van der Waals surface area contributed by atoms with Crippen molar-refractivity contribution < 1.29 is 19.1 Å². The van der Waals surface area contributed by atoms with Crippen LogP contribution < -0.4 is 4.74 Å². The molecule has 5 heteroatoms. The molecule has 1 aromatic carbocycles. The Labute approximate surface area is 154 Å². The summed E-state index contributed by atoms with van der Waals surface area (Å²) < 4.78 is 10.7. The maximum absolute atomic E-state index is 12.5. The second-order valence-electron chi connectivity index (χ2n) is 7.33. The van der Waals surface area contributed by atoms with Crippen LogP contribution in [0.3, 0.4) is 0 Å². The largest absolute Gasteiger partial charge is 0.485 e. The molecule has 1 N–H and O–H groups in total. The zero-order valence-electron chi connectivity index (χ0n) is 16.4. The normalized spacial score (nSPS) is 11.3. The van der Waals surface area contributed by atoms with Crippen LogP contribution in [-0.2, 0) is 10.2 Å². The molecule has 0 aliphatic rings. The molecule has 0 unspecified atom stereocenters. The number of nitrogens with one attached hydrogen (secondary N) is 1. The quantitative estimate of drug-likeness (QED) is 0.616. The number of hydrogen-bond acceptors (Lipinski definition) is 4. The summed E-state index contributed by atoms with van der Waals surface area (Å²) in [6, 6.07) is 7.74. The highest BCUT2D eigenvalue weighted by Crippen LogP contribution is 2.24. The van der Waals surface area contributed by atoms with Crippen molar-refractivity contribution in [1.82, 2.24) is 4.98 Å². The molecule has 0 fully saturated rings. The highest BCUT2D eigenvalue weighted by Gasteiger charge is 2.23. The fraction of sp³-hybridized carbons (Fsp3) is 0.429.